The molecule has 200 valence electrons. The number of carbonyl (C=O) groups excluding carboxylic acids is 3. The van der Waals surface area contributed by atoms with E-state index in [1.54, 1.807) is 43.3 Å². The first kappa shape index (κ1) is 41.3. The van der Waals surface area contributed by atoms with Gasteiger partial charge in [-0.15, -0.1) is 0 Å². The van der Waals surface area contributed by atoms with E-state index in [0.29, 0.717) is 0 Å². The molecule has 0 saturated carbocycles. The van der Waals surface area contributed by atoms with Gasteiger partial charge in [0, 0.05) is 74.2 Å². The zero-order valence-corrected chi connectivity index (χ0v) is 26.7. The summed E-state index contributed by atoms with van der Waals surface area (Å²) in [5.74, 6) is -4.43. The molecule has 0 spiro atoms. The van der Waals surface area contributed by atoms with Crippen molar-refractivity contribution in [2.45, 2.75) is 56.9 Å². The summed E-state index contributed by atoms with van der Waals surface area (Å²) < 4.78 is 15.3. The monoisotopic (exact) mass is 652 g/mol. The van der Waals surface area contributed by atoms with E-state index in [2.05, 4.69) is 51.7 Å². The Morgan fingerprint density at radius 2 is 0.765 bits per heavy atom. The molecule has 6 unspecified atom stereocenters. The quantitative estimate of drug-likeness (QED) is 0.177. The molecule has 0 fully saturated rings. The third-order valence-corrected chi connectivity index (χ3v) is 5.49. The van der Waals surface area contributed by atoms with Crippen LogP contribution in [-0.2, 0) is 28.6 Å². The molecule has 0 saturated heterocycles. The van der Waals surface area contributed by atoms with Gasteiger partial charge in [0.05, 0.1) is 18.3 Å². The van der Waals surface area contributed by atoms with Crippen LogP contribution in [-0.4, -0.2) is 97.3 Å². The Kier molecular flexibility index (Phi) is 31.8. The van der Waals surface area contributed by atoms with Crippen LogP contribution >= 0.6 is 37.9 Å². The van der Waals surface area contributed by atoms with E-state index in [9.17, 15) is 29.7 Å². The van der Waals surface area contributed by atoms with Crippen molar-refractivity contribution in [2.75, 3.05) is 38.6 Å². The Hall–Kier alpha value is 0.139. The fourth-order valence-corrected chi connectivity index (χ4v) is 3.07. The molecule has 0 aromatic carbocycles. The van der Waals surface area contributed by atoms with Crippen LogP contribution in [0, 0.1) is 17.8 Å². The van der Waals surface area contributed by atoms with Gasteiger partial charge in [0.25, 0.3) is 0 Å². The fourth-order valence-electron chi connectivity index (χ4n) is 1.74. The Bertz CT molecular complexity index is 458. The summed E-state index contributed by atoms with van der Waals surface area (Å²) in [5, 5.41) is 30.9. The van der Waals surface area contributed by atoms with Crippen molar-refractivity contribution in [1.29, 1.82) is 0 Å². The fraction of sp³-hybridized carbons (Fsp3) is 0.857. The molecule has 34 heavy (non-hydrogen) atoms. The number of ether oxygens (including phenoxy) is 3. The Balaban J connectivity index is -0.000000184. The van der Waals surface area contributed by atoms with Gasteiger partial charge >= 0.3 is 40.3 Å². The van der Waals surface area contributed by atoms with E-state index in [4.69, 9.17) is 14.2 Å². The molecule has 0 rings (SSSR count). The van der Waals surface area contributed by atoms with Gasteiger partial charge in [0.1, 0.15) is 0 Å². The van der Waals surface area contributed by atoms with Gasteiger partial charge in [-0.2, -0.15) is 37.9 Å². The van der Waals surface area contributed by atoms with E-state index in [1.807, 2.05) is 0 Å². The third-order valence-electron chi connectivity index (χ3n) is 4.31. The molecule has 0 aliphatic carbocycles. The van der Waals surface area contributed by atoms with Crippen LogP contribution in [0.3, 0.4) is 0 Å². The normalized spacial score (nSPS) is 15.5. The standard InChI is InChI=1S/3C6H12O3S.C3H7.Sn/c3*1-4(9-2)5(3-10)6(7)8;1-3-2;/h3*4-5,10H,3H2,1-2H3,(H,7,8);3H,1-2H3;/q;;;;+3/p-3. The Labute approximate surface area is 234 Å². The summed E-state index contributed by atoms with van der Waals surface area (Å²) >= 11 is 13.2. The van der Waals surface area contributed by atoms with Crippen LogP contribution in [0.1, 0.15) is 34.6 Å². The number of rotatable bonds is 12. The van der Waals surface area contributed by atoms with Crippen molar-refractivity contribution < 1.29 is 43.9 Å². The van der Waals surface area contributed by atoms with Crippen molar-refractivity contribution in [3.05, 3.63) is 0 Å². The molecule has 0 heterocycles. The van der Waals surface area contributed by atoms with Gasteiger partial charge in [0.15, 0.2) is 0 Å². The molecule has 6 atom stereocenters. The average Bonchev–Trinajstić information content (AvgIpc) is 2.74. The summed E-state index contributed by atoms with van der Waals surface area (Å²) in [6, 6.07) is 0. The second-order valence-electron chi connectivity index (χ2n) is 7.30. The van der Waals surface area contributed by atoms with E-state index in [0.717, 1.165) is 3.93 Å². The molecular weight excluding hydrogens is 611 g/mol. The molecule has 0 aliphatic heterocycles. The minimum atomic E-state index is -1.11. The minimum absolute atomic E-state index is 0.247. The number of methoxy groups -OCH3 is 3. The van der Waals surface area contributed by atoms with Crippen molar-refractivity contribution in [2.24, 2.45) is 17.8 Å². The second-order valence-corrected chi connectivity index (χ2v) is 11.7. The predicted octanol–water partition coefficient (Wildman–Crippen LogP) is -1.07. The van der Waals surface area contributed by atoms with Crippen LogP contribution in [0.2, 0.25) is 3.93 Å². The molecule has 0 bridgehead atoms. The van der Waals surface area contributed by atoms with E-state index in [1.165, 1.54) is 21.3 Å². The Morgan fingerprint density at radius 3 is 0.794 bits per heavy atom. The molecule has 0 amide bonds. The van der Waals surface area contributed by atoms with Gasteiger partial charge in [-0.3, -0.25) is 0 Å². The average molecular weight is 651 g/mol. The summed E-state index contributed by atoms with van der Waals surface area (Å²) in [6.07, 6.45) is -0.993. The van der Waals surface area contributed by atoms with E-state index < -0.39 is 35.7 Å². The molecule has 0 N–H and O–H groups in total. The van der Waals surface area contributed by atoms with Crippen LogP contribution in [0.25, 0.3) is 0 Å². The first-order chi connectivity index (χ1) is 15.6. The van der Waals surface area contributed by atoms with Crippen LogP contribution in [0.15, 0.2) is 0 Å². The number of carbonyl (C=O) groups is 3. The number of carboxylic acids is 3. The maximum atomic E-state index is 10.3. The summed E-state index contributed by atoms with van der Waals surface area (Å²) in [6.45, 7) is 9.45. The van der Waals surface area contributed by atoms with Gasteiger partial charge in [0.2, 0.25) is 0 Å². The second kappa shape index (κ2) is 26.2. The number of thiol groups is 3. The number of hydrogen-bond acceptors (Lipinski definition) is 12. The number of aliphatic carboxylic acids is 3. The molecule has 0 aromatic rings. The molecule has 0 radical (unpaired) electrons. The molecule has 0 aromatic heterocycles. The van der Waals surface area contributed by atoms with Crippen LogP contribution in [0.4, 0.5) is 0 Å². The van der Waals surface area contributed by atoms with Crippen LogP contribution in [0.5, 0.6) is 0 Å². The van der Waals surface area contributed by atoms with Crippen molar-refractivity contribution >= 4 is 78.3 Å². The first-order valence-corrected chi connectivity index (χ1v) is 13.9. The molecule has 9 nitrogen and oxygen atoms in total. The SMILES string of the molecule is COC(C)C(CS)C(=O)[O-].COC(C)C(CS)C(=O)[O-].COC(C)C(CS)C(=O)[O-].C[CH](C)[Sn+3]. The molecular formula is C21H40O9S3Sn. The van der Waals surface area contributed by atoms with Gasteiger partial charge in [-0.25, -0.2) is 0 Å². The zero-order chi connectivity index (χ0) is 28.0. The zero-order valence-electron chi connectivity index (χ0n) is 21.2. The number of carboxylic acid groups (broad SMARTS) is 3. The van der Waals surface area contributed by atoms with Crippen LogP contribution < -0.4 is 15.3 Å². The van der Waals surface area contributed by atoms with Crippen molar-refractivity contribution in [1.82, 2.24) is 0 Å². The van der Waals surface area contributed by atoms with Crippen molar-refractivity contribution in [3.8, 4) is 0 Å². The first-order valence-electron chi connectivity index (χ1n) is 10.4. The van der Waals surface area contributed by atoms with E-state index >= 15 is 0 Å². The molecule has 0 aliphatic rings. The summed E-state index contributed by atoms with van der Waals surface area (Å²) in [5.41, 5.74) is 0. The Morgan fingerprint density at radius 1 is 0.618 bits per heavy atom. The molecule has 13 heteroatoms. The van der Waals surface area contributed by atoms with Gasteiger partial charge < -0.3 is 43.9 Å². The third kappa shape index (κ3) is 23.9. The maximum absolute atomic E-state index is 10.3. The summed E-state index contributed by atoms with van der Waals surface area (Å²) in [7, 11) is 4.39. The van der Waals surface area contributed by atoms with E-state index in [-0.39, 0.29) is 35.6 Å². The topological polar surface area (TPSA) is 148 Å². The van der Waals surface area contributed by atoms with Crippen molar-refractivity contribution in [3.63, 3.8) is 0 Å². The number of hydrogen-bond donors (Lipinski definition) is 3. The predicted molar refractivity (Wildman–Crippen MR) is 137 cm³/mol. The van der Waals surface area contributed by atoms with Gasteiger partial charge in [-0.1, -0.05) is 0 Å². The van der Waals surface area contributed by atoms with Gasteiger partial charge in [-0.05, 0) is 20.8 Å². The summed E-state index contributed by atoms with van der Waals surface area (Å²) in [4.78, 5) is 30.9.